The number of carbonyl (C=O) groups excluding carboxylic acids is 6. The van der Waals surface area contributed by atoms with E-state index in [4.69, 9.17) is 11.5 Å². The van der Waals surface area contributed by atoms with Gasteiger partial charge in [-0.25, -0.2) is 0 Å². The molecule has 0 spiro atoms. The smallest absolute Gasteiger partial charge is 0.243 e. The number of hydrogen-bond acceptors (Lipinski definition) is 7. The molecule has 0 aliphatic heterocycles. The Bertz CT molecular complexity index is 2210. The quantitative estimate of drug-likeness (QED) is 0.0650. The second-order valence-electron chi connectivity index (χ2n) is 14.3. The molecule has 296 valence electrons. The average molecular weight is 771 g/mol. The predicted octanol–water partition coefficient (Wildman–Crippen LogP) is 3.55. The number of ketones is 1. The highest BCUT2D eigenvalue weighted by Crippen LogP contribution is 2.19. The van der Waals surface area contributed by atoms with Crippen LogP contribution in [0, 0.1) is 0 Å². The van der Waals surface area contributed by atoms with Crippen LogP contribution in [-0.2, 0) is 48.0 Å². The number of primary amides is 1. The molecule has 8 N–H and O–H groups in total. The van der Waals surface area contributed by atoms with Gasteiger partial charge in [0.1, 0.15) is 18.1 Å². The van der Waals surface area contributed by atoms with Gasteiger partial charge in [-0.15, -0.1) is 0 Å². The number of nitrogens with one attached hydrogen (secondary N) is 4. The number of hydrogen-bond donors (Lipinski definition) is 6. The van der Waals surface area contributed by atoms with E-state index in [9.17, 15) is 28.8 Å². The summed E-state index contributed by atoms with van der Waals surface area (Å²) in [6.45, 7) is 1.67. The van der Waals surface area contributed by atoms with Crippen molar-refractivity contribution in [2.45, 2.75) is 76.0 Å². The van der Waals surface area contributed by atoms with E-state index in [1.165, 1.54) is 6.92 Å². The van der Waals surface area contributed by atoms with Crippen LogP contribution in [-0.4, -0.2) is 66.0 Å². The number of carbonyl (C=O) groups is 6. The van der Waals surface area contributed by atoms with Crippen LogP contribution in [0.5, 0.6) is 0 Å². The fourth-order valence-electron chi connectivity index (χ4n) is 6.69. The number of fused-ring (bicyclic) bond motifs is 2. The Morgan fingerprint density at radius 2 is 0.947 bits per heavy atom. The minimum atomic E-state index is -1.21. The molecule has 57 heavy (non-hydrogen) atoms. The number of benzene rings is 5. The van der Waals surface area contributed by atoms with Crippen molar-refractivity contribution >= 4 is 56.9 Å². The molecular weight excluding hydrogens is 721 g/mol. The highest BCUT2D eigenvalue weighted by Gasteiger charge is 2.32. The summed E-state index contributed by atoms with van der Waals surface area (Å²) in [7, 11) is 0. The standard InChI is InChI=1S/C45H50N6O6/c1-29(52)37(28-41(47)53)49-44(56)39(25-30-11-3-2-4-12-30)50-45(57)40(27-32-19-21-34-14-6-8-16-36(34)24-32)51-43(55)38(48-42(54)17-9-10-22-46)26-31-18-20-33-13-5-7-15-35(33)23-31/h2-8,11-16,18-21,23-24,37-40H,9-10,17,22,25-28,46H2,1H3,(H2,47,53)(H,48,54)(H,49,56)(H,50,57)(H,51,55). The van der Waals surface area contributed by atoms with Crippen molar-refractivity contribution in [2.75, 3.05) is 6.54 Å². The van der Waals surface area contributed by atoms with Crippen LogP contribution in [0.3, 0.4) is 0 Å². The molecule has 5 rings (SSSR count). The minimum Gasteiger partial charge on any atom is -0.370 e. The number of nitrogens with two attached hydrogens (primary N) is 2. The van der Waals surface area contributed by atoms with Crippen molar-refractivity contribution in [3.05, 3.63) is 132 Å². The monoisotopic (exact) mass is 770 g/mol. The van der Waals surface area contributed by atoms with Crippen LogP contribution < -0.4 is 32.7 Å². The maximum absolute atomic E-state index is 14.4. The van der Waals surface area contributed by atoms with Gasteiger partial charge in [0.2, 0.25) is 29.5 Å². The number of Topliss-reactive ketones (excluding diaryl/α,β-unsaturated/α-hetero) is 1. The van der Waals surface area contributed by atoms with E-state index in [-0.39, 0.29) is 31.6 Å². The lowest BCUT2D eigenvalue weighted by atomic mass is 9.98. The molecule has 0 heterocycles. The zero-order valence-electron chi connectivity index (χ0n) is 32.0. The van der Waals surface area contributed by atoms with Gasteiger partial charge in [-0.05, 0) is 64.5 Å². The molecule has 0 saturated heterocycles. The van der Waals surface area contributed by atoms with Crippen molar-refractivity contribution in [1.82, 2.24) is 21.3 Å². The van der Waals surface area contributed by atoms with Gasteiger partial charge < -0.3 is 32.7 Å². The number of amides is 5. The van der Waals surface area contributed by atoms with E-state index >= 15 is 0 Å². The third-order valence-electron chi connectivity index (χ3n) is 9.78. The van der Waals surface area contributed by atoms with Crippen LogP contribution in [0.25, 0.3) is 21.5 Å². The van der Waals surface area contributed by atoms with Crippen molar-refractivity contribution in [3.63, 3.8) is 0 Å². The Kier molecular flexibility index (Phi) is 15.0. The van der Waals surface area contributed by atoms with E-state index in [0.29, 0.717) is 19.4 Å². The molecule has 12 heteroatoms. The summed E-state index contributed by atoms with van der Waals surface area (Å²) in [4.78, 5) is 79.8. The van der Waals surface area contributed by atoms with Gasteiger partial charge in [0, 0.05) is 25.7 Å². The van der Waals surface area contributed by atoms with Crippen molar-refractivity contribution in [1.29, 1.82) is 0 Å². The molecule has 0 aromatic heterocycles. The summed E-state index contributed by atoms with van der Waals surface area (Å²) in [5.41, 5.74) is 13.3. The average Bonchev–Trinajstić information content (AvgIpc) is 3.20. The maximum atomic E-state index is 14.4. The topological polar surface area (TPSA) is 203 Å². The van der Waals surface area contributed by atoms with E-state index in [2.05, 4.69) is 21.3 Å². The van der Waals surface area contributed by atoms with Crippen LogP contribution in [0.1, 0.15) is 49.3 Å². The molecule has 0 aliphatic rings. The molecular formula is C45H50N6O6. The van der Waals surface area contributed by atoms with Crippen LogP contribution in [0.15, 0.2) is 115 Å². The fourth-order valence-corrected chi connectivity index (χ4v) is 6.69. The van der Waals surface area contributed by atoms with Gasteiger partial charge in [-0.1, -0.05) is 115 Å². The third-order valence-corrected chi connectivity index (χ3v) is 9.78. The van der Waals surface area contributed by atoms with Crippen molar-refractivity contribution < 1.29 is 28.8 Å². The summed E-state index contributed by atoms with van der Waals surface area (Å²) in [6, 6.07) is 31.5. The Balaban J connectivity index is 1.46. The van der Waals surface area contributed by atoms with E-state index in [1.807, 2.05) is 91.0 Å². The maximum Gasteiger partial charge on any atom is 0.243 e. The molecule has 5 aromatic rings. The molecule has 5 amide bonds. The van der Waals surface area contributed by atoms with Gasteiger partial charge in [-0.2, -0.15) is 0 Å². The van der Waals surface area contributed by atoms with E-state index in [0.717, 1.165) is 38.2 Å². The largest absolute Gasteiger partial charge is 0.370 e. The Morgan fingerprint density at radius 1 is 0.509 bits per heavy atom. The summed E-state index contributed by atoms with van der Waals surface area (Å²) >= 11 is 0. The fraction of sp³-hybridized carbons (Fsp3) is 0.289. The van der Waals surface area contributed by atoms with Crippen molar-refractivity contribution in [3.8, 4) is 0 Å². The lowest BCUT2D eigenvalue weighted by Gasteiger charge is -2.26. The summed E-state index contributed by atoms with van der Waals surface area (Å²) in [6.07, 6.45) is 1.20. The zero-order valence-corrected chi connectivity index (χ0v) is 32.0. The highest BCUT2D eigenvalue weighted by atomic mass is 16.2. The van der Waals surface area contributed by atoms with Gasteiger partial charge in [0.25, 0.3) is 0 Å². The molecule has 0 fully saturated rings. The van der Waals surface area contributed by atoms with Gasteiger partial charge in [-0.3, -0.25) is 28.8 Å². The second-order valence-corrected chi connectivity index (χ2v) is 14.3. The Labute approximate surface area is 332 Å². The highest BCUT2D eigenvalue weighted by molar-refractivity contribution is 5.97. The Morgan fingerprint density at radius 3 is 1.42 bits per heavy atom. The Hall–Kier alpha value is -6.40. The molecule has 4 atom stereocenters. The lowest BCUT2D eigenvalue weighted by molar-refractivity contribution is -0.134. The molecule has 0 bridgehead atoms. The first-order chi connectivity index (χ1) is 27.5. The van der Waals surface area contributed by atoms with Crippen molar-refractivity contribution in [2.24, 2.45) is 11.5 Å². The first-order valence-corrected chi connectivity index (χ1v) is 19.2. The second kappa shape index (κ2) is 20.5. The molecule has 5 aromatic carbocycles. The third kappa shape index (κ3) is 12.6. The SMILES string of the molecule is CC(=O)C(CC(N)=O)NC(=O)C(Cc1ccccc1)NC(=O)C(Cc1ccc2ccccc2c1)NC(=O)C(Cc1ccc2ccccc2c1)NC(=O)CCCCN. The molecule has 0 radical (unpaired) electrons. The summed E-state index contributed by atoms with van der Waals surface area (Å²) in [5, 5.41) is 15.1. The lowest BCUT2D eigenvalue weighted by Crippen LogP contribution is -2.59. The minimum absolute atomic E-state index is 0.0414. The number of rotatable bonds is 20. The van der Waals surface area contributed by atoms with E-state index in [1.54, 1.807) is 24.3 Å². The van der Waals surface area contributed by atoms with Crippen LogP contribution in [0.4, 0.5) is 0 Å². The normalized spacial score (nSPS) is 13.2. The van der Waals surface area contributed by atoms with Crippen LogP contribution >= 0.6 is 0 Å². The predicted molar refractivity (Wildman–Crippen MR) is 221 cm³/mol. The van der Waals surface area contributed by atoms with Gasteiger partial charge in [0.15, 0.2) is 5.78 Å². The first kappa shape index (κ1) is 41.8. The molecule has 0 saturated carbocycles. The van der Waals surface area contributed by atoms with Gasteiger partial charge >= 0.3 is 0 Å². The number of unbranched alkanes of at least 4 members (excludes halogenated alkanes) is 1. The molecule has 0 aliphatic carbocycles. The summed E-state index contributed by atoms with van der Waals surface area (Å²) < 4.78 is 0. The van der Waals surface area contributed by atoms with Crippen LogP contribution in [0.2, 0.25) is 0 Å². The first-order valence-electron chi connectivity index (χ1n) is 19.2. The summed E-state index contributed by atoms with van der Waals surface area (Å²) in [5.74, 6) is -3.53. The zero-order chi connectivity index (χ0) is 40.7. The molecule has 12 nitrogen and oxygen atoms in total. The molecule has 4 unspecified atom stereocenters. The van der Waals surface area contributed by atoms with Gasteiger partial charge in [0.05, 0.1) is 12.5 Å². The van der Waals surface area contributed by atoms with E-state index < -0.39 is 60.0 Å².